The first-order chi connectivity index (χ1) is 19.7. The summed E-state index contributed by atoms with van der Waals surface area (Å²) in [6.07, 6.45) is 0.653. The van der Waals surface area contributed by atoms with Crippen molar-refractivity contribution in [1.29, 1.82) is 0 Å². The number of hydrogen-bond donors (Lipinski definition) is 3. The van der Waals surface area contributed by atoms with Crippen LogP contribution in [0.5, 0.6) is 5.75 Å². The fourth-order valence-corrected chi connectivity index (χ4v) is 5.67. The molecule has 0 saturated heterocycles. The lowest BCUT2D eigenvalue weighted by Crippen LogP contribution is -2.30. The van der Waals surface area contributed by atoms with Crippen molar-refractivity contribution >= 4 is 43.8 Å². The first-order valence-electron chi connectivity index (χ1n) is 13.6. The average molecular weight is 574 g/mol. The summed E-state index contributed by atoms with van der Waals surface area (Å²) in [7, 11) is -3.90. The zero-order chi connectivity index (χ0) is 29.4. The molecule has 0 aromatic heterocycles. The number of nitrogens with zero attached hydrogens (tertiary/aromatic N) is 3. The Balaban J connectivity index is 1.61. The number of carbonyl (C=O) groups is 1. The fraction of sp³-hybridized carbons (Fsp3) is 0.258. The number of azo groups is 1. The van der Waals surface area contributed by atoms with Gasteiger partial charge in [0.2, 0.25) is 10.0 Å². The van der Waals surface area contributed by atoms with Crippen molar-refractivity contribution in [2.24, 2.45) is 10.2 Å². The van der Waals surface area contributed by atoms with E-state index in [2.05, 4.69) is 39.0 Å². The molecule has 4 aromatic rings. The number of para-hydroxylation sites is 1. The summed E-state index contributed by atoms with van der Waals surface area (Å²) in [5.41, 5.74) is 1.86. The van der Waals surface area contributed by atoms with E-state index < -0.39 is 15.9 Å². The second-order valence-electron chi connectivity index (χ2n) is 9.61. The van der Waals surface area contributed by atoms with Crippen LogP contribution in [0.15, 0.2) is 94.0 Å². The van der Waals surface area contributed by atoms with Gasteiger partial charge in [-0.3, -0.25) is 4.79 Å². The van der Waals surface area contributed by atoms with Crippen LogP contribution in [-0.4, -0.2) is 50.5 Å². The highest BCUT2D eigenvalue weighted by Gasteiger charge is 2.23. The normalized spacial score (nSPS) is 11.9. The smallest absolute Gasteiger partial charge is 0.259 e. The van der Waals surface area contributed by atoms with Crippen LogP contribution in [0.4, 0.5) is 17.1 Å². The number of carbonyl (C=O) groups excluding carboxylic acids is 1. The quantitative estimate of drug-likeness (QED) is 0.131. The summed E-state index contributed by atoms with van der Waals surface area (Å²) < 4.78 is 28.9. The second-order valence-corrected chi connectivity index (χ2v) is 11.3. The maximum atomic E-state index is 13.5. The lowest BCUT2D eigenvalue weighted by Gasteiger charge is -2.18. The molecule has 10 heteroatoms. The zero-order valence-corrected chi connectivity index (χ0v) is 24.3. The number of aryl methyl sites for hydroxylation is 1. The molecule has 41 heavy (non-hydrogen) atoms. The molecule has 0 spiro atoms. The van der Waals surface area contributed by atoms with Crippen LogP contribution in [-0.2, 0) is 10.0 Å². The Morgan fingerprint density at radius 2 is 1.61 bits per heavy atom. The number of hydrogen-bond acceptors (Lipinski definition) is 7. The molecule has 0 aliphatic heterocycles. The van der Waals surface area contributed by atoms with E-state index in [1.807, 2.05) is 43.3 Å². The van der Waals surface area contributed by atoms with Gasteiger partial charge in [-0.25, -0.2) is 13.1 Å². The lowest BCUT2D eigenvalue weighted by atomic mass is 10.0. The maximum absolute atomic E-state index is 13.5. The molecule has 0 fully saturated rings. The molecule has 9 nitrogen and oxygen atoms in total. The van der Waals surface area contributed by atoms with E-state index in [0.29, 0.717) is 22.9 Å². The highest BCUT2D eigenvalue weighted by atomic mass is 32.2. The molecular weight excluding hydrogens is 538 g/mol. The summed E-state index contributed by atoms with van der Waals surface area (Å²) in [6.45, 7) is 8.94. The molecule has 0 aliphatic carbocycles. The van der Waals surface area contributed by atoms with Gasteiger partial charge in [0.05, 0.1) is 16.9 Å². The van der Waals surface area contributed by atoms with E-state index in [1.54, 1.807) is 30.3 Å². The number of aromatic hydroxyl groups is 1. The number of rotatable bonds is 12. The van der Waals surface area contributed by atoms with Crippen LogP contribution in [0.25, 0.3) is 10.8 Å². The van der Waals surface area contributed by atoms with E-state index in [4.69, 9.17) is 0 Å². The third-order valence-electron chi connectivity index (χ3n) is 6.80. The Hall–Kier alpha value is -4.12. The number of benzene rings is 4. The monoisotopic (exact) mass is 573 g/mol. The number of sulfonamides is 1. The van der Waals surface area contributed by atoms with Gasteiger partial charge in [-0.05, 0) is 68.7 Å². The Labute approximate surface area is 241 Å². The van der Waals surface area contributed by atoms with Crippen molar-refractivity contribution in [2.75, 3.05) is 31.5 Å². The second kappa shape index (κ2) is 13.5. The molecule has 0 aliphatic rings. The van der Waals surface area contributed by atoms with Crippen molar-refractivity contribution in [3.63, 3.8) is 0 Å². The lowest BCUT2D eigenvalue weighted by molar-refractivity contribution is 0.102. The molecule has 0 unspecified atom stereocenters. The Kier molecular flexibility index (Phi) is 9.82. The summed E-state index contributed by atoms with van der Waals surface area (Å²) >= 11 is 0. The van der Waals surface area contributed by atoms with Gasteiger partial charge in [-0.1, -0.05) is 67.9 Å². The van der Waals surface area contributed by atoms with Crippen LogP contribution in [0.3, 0.4) is 0 Å². The fourth-order valence-electron chi connectivity index (χ4n) is 4.43. The van der Waals surface area contributed by atoms with E-state index in [-0.39, 0.29) is 34.1 Å². The third-order valence-corrected chi connectivity index (χ3v) is 8.32. The molecule has 4 aromatic carbocycles. The van der Waals surface area contributed by atoms with Crippen molar-refractivity contribution < 1.29 is 18.3 Å². The molecule has 0 heterocycles. The first-order valence-corrected chi connectivity index (χ1v) is 15.1. The van der Waals surface area contributed by atoms with E-state index >= 15 is 0 Å². The van der Waals surface area contributed by atoms with Crippen molar-refractivity contribution in [3.05, 3.63) is 90.0 Å². The minimum Gasteiger partial charge on any atom is -0.505 e. The number of phenolic OH excluding ortho intramolecular Hbond substituents is 1. The highest BCUT2D eigenvalue weighted by molar-refractivity contribution is 7.89. The van der Waals surface area contributed by atoms with E-state index in [1.165, 1.54) is 12.1 Å². The van der Waals surface area contributed by atoms with Crippen LogP contribution < -0.4 is 10.0 Å². The molecule has 0 atom stereocenters. The minimum absolute atomic E-state index is 0.0547. The summed E-state index contributed by atoms with van der Waals surface area (Å²) in [5.74, 6) is -1.03. The van der Waals surface area contributed by atoms with Crippen LogP contribution >= 0.6 is 0 Å². The third kappa shape index (κ3) is 7.35. The molecular formula is C31H35N5O4S. The van der Waals surface area contributed by atoms with E-state index in [0.717, 1.165) is 25.2 Å². The molecule has 0 bridgehead atoms. The number of anilines is 1. The summed E-state index contributed by atoms with van der Waals surface area (Å²) in [4.78, 5) is 15.6. The van der Waals surface area contributed by atoms with Gasteiger partial charge in [0.15, 0.2) is 5.75 Å². The molecule has 3 N–H and O–H groups in total. The molecule has 0 radical (unpaired) electrons. The number of phenols is 1. The van der Waals surface area contributed by atoms with Crippen LogP contribution in [0.2, 0.25) is 0 Å². The van der Waals surface area contributed by atoms with Gasteiger partial charge in [0.25, 0.3) is 5.91 Å². The largest absolute Gasteiger partial charge is 0.505 e. The molecule has 1 amide bonds. The molecule has 214 valence electrons. The van der Waals surface area contributed by atoms with Gasteiger partial charge in [-0.15, -0.1) is 5.11 Å². The minimum atomic E-state index is -3.90. The van der Waals surface area contributed by atoms with Crippen LogP contribution in [0.1, 0.15) is 36.2 Å². The summed E-state index contributed by atoms with van der Waals surface area (Å²) in [5, 5.41) is 23.7. The van der Waals surface area contributed by atoms with E-state index in [9.17, 15) is 18.3 Å². The predicted octanol–water partition coefficient (Wildman–Crippen LogP) is 6.53. The maximum Gasteiger partial charge on any atom is 0.259 e. The van der Waals surface area contributed by atoms with Gasteiger partial charge in [0.1, 0.15) is 10.6 Å². The van der Waals surface area contributed by atoms with Crippen molar-refractivity contribution in [1.82, 2.24) is 9.62 Å². The number of amides is 1. The average Bonchev–Trinajstić information content (AvgIpc) is 2.97. The van der Waals surface area contributed by atoms with Crippen molar-refractivity contribution in [3.8, 4) is 5.75 Å². The first kappa shape index (κ1) is 29.9. The van der Waals surface area contributed by atoms with Gasteiger partial charge in [0, 0.05) is 11.9 Å². The Morgan fingerprint density at radius 1 is 0.927 bits per heavy atom. The standard InChI is InChI=1S/C31H35N5O4S/c1-4-36(5-2)20-10-19-32-41(39,40)28-14-9-8-13-27(28)33-31(38)26-21-23-11-6-7-12-25(23)29(30(26)37)35-34-24-17-15-22(3)16-18-24/h6-9,11-18,21,32,37H,4-5,10,19-20H2,1-3H3,(H,33,38)/b35-34+. The summed E-state index contributed by atoms with van der Waals surface area (Å²) in [6, 6.07) is 22.4. The molecule has 4 rings (SSSR count). The molecule has 0 saturated carbocycles. The Bertz CT molecular complexity index is 1650. The van der Waals surface area contributed by atoms with Gasteiger partial charge < -0.3 is 15.3 Å². The van der Waals surface area contributed by atoms with Gasteiger partial charge >= 0.3 is 0 Å². The van der Waals surface area contributed by atoms with Gasteiger partial charge in [-0.2, -0.15) is 5.11 Å². The van der Waals surface area contributed by atoms with Crippen molar-refractivity contribution in [2.45, 2.75) is 32.1 Å². The number of nitrogens with one attached hydrogen (secondary N) is 2. The zero-order valence-electron chi connectivity index (χ0n) is 23.5. The van der Waals surface area contributed by atoms with Crippen LogP contribution in [0, 0.1) is 6.92 Å². The topological polar surface area (TPSA) is 123 Å². The number of fused-ring (bicyclic) bond motifs is 1. The Morgan fingerprint density at radius 3 is 2.34 bits per heavy atom. The predicted molar refractivity (Wildman–Crippen MR) is 163 cm³/mol. The highest BCUT2D eigenvalue weighted by Crippen LogP contribution is 2.39. The SMILES string of the molecule is CCN(CC)CCCNS(=O)(=O)c1ccccc1NC(=O)c1cc2ccccc2c(/N=N/c2ccc(C)cc2)c1O.